The highest BCUT2D eigenvalue weighted by atomic mass is 19.2. The molecular weight excluding hydrogens is 531 g/mol. The Bertz CT molecular complexity index is 1840. The Kier molecular flexibility index (Phi) is 5.55. The van der Waals surface area contributed by atoms with E-state index < -0.39 is 11.7 Å². The molecule has 42 heavy (non-hydrogen) atoms. The fourth-order valence-corrected chi connectivity index (χ4v) is 6.65. The Hall–Kier alpha value is -5.14. The van der Waals surface area contributed by atoms with Gasteiger partial charge in [-0.05, 0) is 57.6 Å². The number of halogens is 1. The molecular formula is C35H25FN2O4. The number of ether oxygens (including phenoxy) is 3. The Balaban J connectivity index is 1.08. The minimum atomic E-state index is -0.920. The maximum absolute atomic E-state index is 13.4. The monoisotopic (exact) mass is 556 g/mol. The van der Waals surface area contributed by atoms with Gasteiger partial charge in [0.15, 0.2) is 5.60 Å². The van der Waals surface area contributed by atoms with E-state index in [9.17, 15) is 9.28 Å². The quantitative estimate of drug-likeness (QED) is 0.218. The van der Waals surface area contributed by atoms with E-state index in [1.165, 1.54) is 11.1 Å². The van der Waals surface area contributed by atoms with Crippen molar-refractivity contribution in [2.24, 2.45) is 0 Å². The van der Waals surface area contributed by atoms with Gasteiger partial charge < -0.3 is 14.2 Å². The lowest BCUT2D eigenvalue weighted by Gasteiger charge is -2.37. The number of anilines is 2. The molecule has 0 saturated heterocycles. The van der Waals surface area contributed by atoms with Crippen LogP contribution in [-0.4, -0.2) is 12.7 Å². The molecule has 6 nitrogen and oxygen atoms in total. The molecule has 0 radical (unpaired) electrons. The first-order chi connectivity index (χ1) is 20.7. The van der Waals surface area contributed by atoms with Gasteiger partial charge in [-0.2, -0.15) is 0 Å². The first-order valence-electron chi connectivity index (χ1n) is 13.8. The largest absolute Gasteiger partial charge is 0.456 e. The zero-order valence-corrected chi connectivity index (χ0v) is 22.4. The van der Waals surface area contributed by atoms with Crippen LogP contribution >= 0.6 is 0 Å². The molecule has 1 unspecified atom stereocenters. The van der Waals surface area contributed by atoms with Crippen molar-refractivity contribution in [1.82, 2.24) is 0 Å². The van der Waals surface area contributed by atoms with Gasteiger partial charge >= 0.3 is 6.09 Å². The average Bonchev–Trinajstić information content (AvgIpc) is 3.56. The summed E-state index contributed by atoms with van der Waals surface area (Å²) in [6.45, 7) is 0.638. The molecule has 2 heterocycles. The molecule has 0 bridgehead atoms. The van der Waals surface area contributed by atoms with Gasteiger partial charge in [-0.3, -0.25) is 5.32 Å². The topological polar surface area (TPSA) is 68.8 Å². The molecule has 3 aliphatic rings. The summed E-state index contributed by atoms with van der Waals surface area (Å²) < 4.78 is 31.9. The van der Waals surface area contributed by atoms with Crippen LogP contribution in [0.15, 0.2) is 109 Å². The normalized spacial score (nSPS) is 17.4. The van der Waals surface area contributed by atoms with Gasteiger partial charge in [0.2, 0.25) is 0 Å². The Morgan fingerprint density at radius 3 is 2.12 bits per heavy atom. The van der Waals surface area contributed by atoms with E-state index >= 15 is 0 Å². The maximum atomic E-state index is 13.4. The lowest BCUT2D eigenvalue weighted by molar-refractivity contribution is 0.0200. The van der Waals surface area contributed by atoms with Crippen molar-refractivity contribution < 1.29 is 23.5 Å². The highest BCUT2D eigenvalue weighted by Gasteiger charge is 2.49. The summed E-state index contributed by atoms with van der Waals surface area (Å²) in [5, 5.41) is 2.85. The molecule has 1 atom stereocenters. The number of benzene rings is 5. The number of nitrogens with one attached hydrogen (secondary N) is 2. The smallest absolute Gasteiger partial charge is 0.411 e. The van der Waals surface area contributed by atoms with E-state index in [1.54, 1.807) is 23.7 Å². The summed E-state index contributed by atoms with van der Waals surface area (Å²) in [5.74, 6) is 0.941. The number of hydrogen-bond acceptors (Lipinski definition) is 5. The van der Waals surface area contributed by atoms with Gasteiger partial charge in [-0.1, -0.05) is 72.8 Å². The van der Waals surface area contributed by atoms with E-state index in [2.05, 4.69) is 29.6 Å². The molecule has 1 spiro atoms. The fourth-order valence-electron chi connectivity index (χ4n) is 6.65. The van der Waals surface area contributed by atoms with Crippen LogP contribution in [0.1, 0.15) is 39.3 Å². The minimum Gasteiger partial charge on any atom is -0.456 e. The number of carbonyl (C=O) groups is 1. The summed E-state index contributed by atoms with van der Waals surface area (Å²) in [6.07, 6.45) is -0.561. The van der Waals surface area contributed by atoms with Crippen LogP contribution in [0.25, 0.3) is 11.1 Å². The van der Waals surface area contributed by atoms with Crippen molar-refractivity contribution in [3.63, 3.8) is 0 Å². The first kappa shape index (κ1) is 24.6. The minimum absolute atomic E-state index is 0.0377. The number of carbonyl (C=O) groups excluding carboxylic acids is 1. The van der Waals surface area contributed by atoms with Crippen molar-refractivity contribution >= 4 is 17.5 Å². The fraction of sp³-hybridized carbons (Fsp3) is 0.114. The van der Waals surface area contributed by atoms with Crippen molar-refractivity contribution in [1.29, 1.82) is 0 Å². The third kappa shape index (κ3) is 3.63. The van der Waals surface area contributed by atoms with Gasteiger partial charge in [0.25, 0.3) is 0 Å². The van der Waals surface area contributed by atoms with Crippen molar-refractivity contribution in [3.8, 4) is 22.6 Å². The second kappa shape index (κ2) is 9.46. The molecule has 2 aliphatic heterocycles. The lowest BCUT2D eigenvalue weighted by Crippen LogP contribution is -2.32. The Labute approximate surface area is 241 Å². The summed E-state index contributed by atoms with van der Waals surface area (Å²) >= 11 is 0. The molecule has 1 aliphatic carbocycles. The van der Waals surface area contributed by atoms with Crippen LogP contribution < -0.4 is 15.6 Å². The molecule has 1 amide bonds. The van der Waals surface area contributed by atoms with Crippen molar-refractivity contribution in [2.75, 3.05) is 17.5 Å². The van der Waals surface area contributed by atoms with Crippen molar-refractivity contribution in [2.45, 2.75) is 18.1 Å². The second-order valence-electron chi connectivity index (χ2n) is 10.7. The molecule has 0 saturated carbocycles. The van der Waals surface area contributed by atoms with Crippen LogP contribution in [0.4, 0.5) is 20.7 Å². The highest BCUT2D eigenvalue weighted by Crippen LogP contribution is 2.56. The molecule has 5 aromatic rings. The number of hydrogen-bond donors (Lipinski definition) is 2. The van der Waals surface area contributed by atoms with E-state index in [0.29, 0.717) is 23.8 Å². The van der Waals surface area contributed by atoms with Crippen molar-refractivity contribution in [3.05, 3.63) is 143 Å². The predicted octanol–water partition coefficient (Wildman–Crippen LogP) is 8.27. The Morgan fingerprint density at radius 1 is 0.786 bits per heavy atom. The molecule has 2 N–H and O–H groups in total. The molecule has 7 heteroatoms. The van der Waals surface area contributed by atoms with Gasteiger partial charge in [0.1, 0.15) is 18.1 Å². The summed E-state index contributed by atoms with van der Waals surface area (Å²) in [5.41, 5.74) is 9.87. The van der Waals surface area contributed by atoms with Gasteiger partial charge in [0.05, 0.1) is 12.3 Å². The summed E-state index contributed by atoms with van der Waals surface area (Å²) in [6, 6.07) is 35.1. The SMILES string of the molecule is O=C(Nc1ccc2c(c1)Oc1cc(NF)ccc1C21OCc2ccccc21)OCC1c2ccccc2-c2ccccc21. The van der Waals surface area contributed by atoms with Crippen LogP contribution in [-0.2, 0) is 21.7 Å². The molecule has 8 rings (SSSR count). The van der Waals surface area contributed by atoms with Crippen LogP contribution in [0.5, 0.6) is 11.5 Å². The third-order valence-electron chi connectivity index (χ3n) is 8.48. The zero-order chi connectivity index (χ0) is 28.3. The van der Waals surface area contributed by atoms with Gasteiger partial charge in [0, 0.05) is 34.9 Å². The lowest BCUT2D eigenvalue weighted by atomic mass is 9.77. The predicted molar refractivity (Wildman–Crippen MR) is 157 cm³/mol. The Morgan fingerprint density at radius 2 is 1.40 bits per heavy atom. The van der Waals surface area contributed by atoms with E-state index in [-0.39, 0.29) is 18.2 Å². The molecule has 0 aromatic heterocycles. The standard InChI is InChI=1S/C35H25FN2O4/c36-38-23-14-16-31-33(18-23)42-32-17-22(13-15-30(32)35(31)29-12-6-1-7-21(29)19-41-35)37-34(39)40-20-28-26-10-4-2-8-24(26)25-9-3-5-11-27(25)28/h1-18,28,38H,19-20H2,(H,37,39). The summed E-state index contributed by atoms with van der Waals surface area (Å²) in [4.78, 5) is 13.0. The second-order valence-corrected chi connectivity index (χ2v) is 10.7. The molecule has 0 fully saturated rings. The highest BCUT2D eigenvalue weighted by molar-refractivity contribution is 5.86. The average molecular weight is 557 g/mol. The van der Waals surface area contributed by atoms with Gasteiger partial charge in [-0.25, -0.2) is 10.3 Å². The van der Waals surface area contributed by atoms with Crippen LogP contribution in [0.3, 0.4) is 0 Å². The first-order valence-corrected chi connectivity index (χ1v) is 13.8. The number of rotatable bonds is 4. The number of amides is 1. The molecule has 206 valence electrons. The third-order valence-corrected chi connectivity index (χ3v) is 8.48. The van der Waals surface area contributed by atoms with E-state index in [4.69, 9.17) is 14.2 Å². The van der Waals surface area contributed by atoms with E-state index in [0.717, 1.165) is 33.4 Å². The zero-order valence-electron chi connectivity index (χ0n) is 22.4. The van der Waals surface area contributed by atoms with E-state index in [1.807, 2.05) is 66.7 Å². The van der Waals surface area contributed by atoms with Gasteiger partial charge in [-0.15, -0.1) is 4.48 Å². The summed E-state index contributed by atoms with van der Waals surface area (Å²) in [7, 11) is 0. The maximum Gasteiger partial charge on any atom is 0.411 e. The number of fused-ring (bicyclic) bond motifs is 9. The van der Waals surface area contributed by atoms with Crippen LogP contribution in [0.2, 0.25) is 0 Å². The van der Waals surface area contributed by atoms with Crippen LogP contribution in [0, 0.1) is 0 Å². The molecule has 5 aromatic carbocycles.